The summed E-state index contributed by atoms with van der Waals surface area (Å²) in [5.41, 5.74) is 6.46. The van der Waals surface area contributed by atoms with Crippen LogP contribution < -0.4 is 29.1 Å². The Hall–Kier alpha value is -4.10. The number of rotatable bonds is 3. The second kappa shape index (κ2) is 8.24. The minimum Gasteiger partial charge on any atom is -0.497 e. The highest BCUT2D eigenvalue weighted by Crippen LogP contribution is 2.41. The monoisotopic (exact) mass is 494 g/mol. The largest absolute Gasteiger partial charge is 0.497 e. The van der Waals surface area contributed by atoms with Gasteiger partial charge in [-0.1, -0.05) is 53.8 Å². The molecular weight excluding hydrogens is 472 g/mol. The number of aryl methyl sites for hydroxylation is 1. The first kappa shape index (κ1) is 21.2. The van der Waals surface area contributed by atoms with Crippen LogP contribution in [0.2, 0.25) is 0 Å². The van der Waals surface area contributed by atoms with Gasteiger partial charge >= 0.3 is 0 Å². The highest BCUT2D eigenvalue weighted by atomic mass is 32.1. The highest BCUT2D eigenvalue weighted by Gasteiger charge is 2.32. The van der Waals surface area contributed by atoms with Crippen molar-refractivity contribution in [2.75, 3.05) is 13.9 Å². The van der Waals surface area contributed by atoms with Crippen LogP contribution >= 0.6 is 11.3 Å². The highest BCUT2D eigenvalue weighted by molar-refractivity contribution is 7.07. The Balaban J connectivity index is 1.46. The van der Waals surface area contributed by atoms with Gasteiger partial charge in [0.2, 0.25) is 6.79 Å². The number of benzene rings is 3. The number of methoxy groups -OCH3 is 1. The Morgan fingerprint density at radius 1 is 1.03 bits per heavy atom. The van der Waals surface area contributed by atoms with Gasteiger partial charge < -0.3 is 14.2 Å². The van der Waals surface area contributed by atoms with Crippen molar-refractivity contribution in [2.24, 2.45) is 4.99 Å². The summed E-state index contributed by atoms with van der Waals surface area (Å²) in [4.78, 5) is 19.7. The maximum absolute atomic E-state index is 13.9. The van der Waals surface area contributed by atoms with Crippen molar-refractivity contribution in [3.63, 3.8) is 0 Å². The normalized spacial score (nSPS) is 17.8. The van der Waals surface area contributed by atoms with Crippen molar-refractivity contribution in [3.8, 4) is 17.2 Å². The van der Waals surface area contributed by atoms with Crippen LogP contribution in [0.5, 0.6) is 17.2 Å². The summed E-state index contributed by atoms with van der Waals surface area (Å²) in [6.45, 7) is 0.217. The Morgan fingerprint density at radius 2 is 1.92 bits per heavy atom. The molecule has 1 aliphatic carbocycles. The molecule has 0 amide bonds. The number of aromatic nitrogens is 1. The average molecular weight is 495 g/mol. The van der Waals surface area contributed by atoms with E-state index in [-0.39, 0.29) is 18.4 Å². The lowest BCUT2D eigenvalue weighted by Crippen LogP contribution is -2.38. The standard InChI is InChI=1S/C29H22N2O4S/c1-33-20-7-4-6-19(15-20)27-22-11-10-18-5-2-3-8-21(18)26(22)30-29-31(27)28(32)25(36-29)14-17-9-12-23-24(13-17)35-16-34-23/h2-9,12-15,27H,10-11,16H2,1H3/b25-14-/t27-/m0/s1. The number of thiazole rings is 1. The number of hydrogen-bond acceptors (Lipinski definition) is 6. The summed E-state index contributed by atoms with van der Waals surface area (Å²) in [7, 11) is 1.66. The number of allylic oxidation sites excluding steroid dienone is 1. The minimum atomic E-state index is -0.237. The molecule has 0 saturated heterocycles. The van der Waals surface area contributed by atoms with Gasteiger partial charge in [-0.25, -0.2) is 4.99 Å². The molecule has 178 valence electrons. The van der Waals surface area contributed by atoms with Crippen molar-refractivity contribution >= 4 is 23.1 Å². The van der Waals surface area contributed by atoms with E-state index in [0.717, 1.165) is 46.7 Å². The van der Waals surface area contributed by atoms with Gasteiger partial charge in [0.1, 0.15) is 5.75 Å². The lowest BCUT2D eigenvalue weighted by Gasteiger charge is -2.31. The van der Waals surface area contributed by atoms with Gasteiger partial charge in [0.25, 0.3) is 5.56 Å². The molecule has 0 bridgehead atoms. The lowest BCUT2D eigenvalue weighted by atomic mass is 9.83. The maximum atomic E-state index is 13.9. The first-order chi connectivity index (χ1) is 17.7. The Bertz CT molecular complexity index is 1750. The zero-order valence-electron chi connectivity index (χ0n) is 19.6. The molecule has 0 radical (unpaired) electrons. The summed E-state index contributed by atoms with van der Waals surface area (Å²) < 4.78 is 19.0. The summed E-state index contributed by atoms with van der Waals surface area (Å²) in [6.07, 6.45) is 3.68. The maximum Gasteiger partial charge on any atom is 0.271 e. The molecule has 7 rings (SSSR count). The van der Waals surface area contributed by atoms with E-state index in [1.54, 1.807) is 7.11 Å². The van der Waals surface area contributed by atoms with Gasteiger partial charge in [0, 0.05) is 5.56 Å². The summed E-state index contributed by atoms with van der Waals surface area (Å²) in [5, 5.41) is 0. The molecule has 0 saturated carbocycles. The predicted octanol–water partition coefficient (Wildman–Crippen LogP) is 4.06. The molecule has 3 heterocycles. The molecular formula is C29H22N2O4S. The average Bonchev–Trinajstić information content (AvgIpc) is 3.51. The van der Waals surface area contributed by atoms with Gasteiger partial charge in [0.15, 0.2) is 16.3 Å². The van der Waals surface area contributed by atoms with Crippen LogP contribution in [-0.4, -0.2) is 18.5 Å². The molecule has 0 fully saturated rings. The number of ether oxygens (including phenoxy) is 3. The van der Waals surface area contributed by atoms with Crippen molar-refractivity contribution in [3.05, 3.63) is 114 Å². The molecule has 6 nitrogen and oxygen atoms in total. The van der Waals surface area contributed by atoms with Gasteiger partial charge in [-0.15, -0.1) is 0 Å². The van der Waals surface area contributed by atoms with Gasteiger partial charge in [0.05, 0.1) is 23.4 Å². The van der Waals surface area contributed by atoms with E-state index in [1.165, 1.54) is 22.5 Å². The zero-order chi connectivity index (χ0) is 24.2. The molecule has 0 unspecified atom stereocenters. The van der Waals surface area contributed by atoms with E-state index in [2.05, 4.69) is 30.3 Å². The Kier molecular flexibility index (Phi) is 4.85. The SMILES string of the molecule is COc1cccc([C@H]2C3=C(N=c4s/c(=C\c5ccc6c(c5)OCO6)c(=O)n42)c2ccccc2CC3)c1. The Labute approximate surface area is 211 Å². The van der Waals surface area contributed by atoms with E-state index in [0.29, 0.717) is 15.1 Å². The smallest absolute Gasteiger partial charge is 0.271 e. The lowest BCUT2D eigenvalue weighted by molar-refractivity contribution is 0.174. The summed E-state index contributed by atoms with van der Waals surface area (Å²) in [5.74, 6) is 2.18. The quantitative estimate of drug-likeness (QED) is 0.431. The van der Waals surface area contributed by atoms with E-state index in [1.807, 2.05) is 47.0 Å². The summed E-state index contributed by atoms with van der Waals surface area (Å²) >= 11 is 1.42. The molecule has 3 aliphatic rings. The number of fused-ring (bicyclic) bond motifs is 4. The van der Waals surface area contributed by atoms with Gasteiger partial charge in [-0.3, -0.25) is 9.36 Å². The molecule has 36 heavy (non-hydrogen) atoms. The van der Waals surface area contributed by atoms with Crippen molar-refractivity contribution in [1.29, 1.82) is 0 Å². The first-order valence-electron chi connectivity index (χ1n) is 11.9. The van der Waals surface area contributed by atoms with E-state index in [9.17, 15) is 4.79 Å². The van der Waals surface area contributed by atoms with Crippen LogP contribution in [-0.2, 0) is 6.42 Å². The fourth-order valence-corrected chi connectivity index (χ4v) is 6.29. The number of nitrogens with zero attached hydrogens (tertiary/aromatic N) is 2. The topological polar surface area (TPSA) is 62.0 Å². The van der Waals surface area contributed by atoms with Crippen LogP contribution in [0.1, 0.15) is 34.7 Å². The fourth-order valence-electron chi connectivity index (χ4n) is 5.29. The Morgan fingerprint density at radius 3 is 2.83 bits per heavy atom. The van der Waals surface area contributed by atoms with E-state index < -0.39 is 0 Å². The second-order valence-corrected chi connectivity index (χ2v) is 10.0. The molecule has 4 aromatic rings. The van der Waals surface area contributed by atoms with Crippen LogP contribution in [0.4, 0.5) is 0 Å². The van der Waals surface area contributed by atoms with Crippen molar-refractivity contribution in [2.45, 2.75) is 18.9 Å². The molecule has 0 spiro atoms. The molecule has 1 aromatic heterocycles. The second-order valence-electron chi connectivity index (χ2n) is 9.00. The third kappa shape index (κ3) is 3.31. The third-order valence-electron chi connectivity index (χ3n) is 6.98. The summed E-state index contributed by atoms with van der Waals surface area (Å²) in [6, 6.07) is 21.9. The first-order valence-corrected chi connectivity index (χ1v) is 12.7. The molecule has 3 aromatic carbocycles. The molecule has 7 heteroatoms. The van der Waals surface area contributed by atoms with Crippen LogP contribution in [0.3, 0.4) is 0 Å². The van der Waals surface area contributed by atoms with Crippen LogP contribution in [0, 0.1) is 0 Å². The fraction of sp³-hybridized carbons (Fsp3) is 0.172. The van der Waals surface area contributed by atoms with E-state index in [4.69, 9.17) is 19.2 Å². The molecule has 1 atom stereocenters. The van der Waals surface area contributed by atoms with Crippen LogP contribution in [0.15, 0.2) is 82.1 Å². The zero-order valence-corrected chi connectivity index (χ0v) is 20.4. The van der Waals surface area contributed by atoms with Crippen molar-refractivity contribution < 1.29 is 14.2 Å². The minimum absolute atomic E-state index is 0.0466. The number of hydrogen-bond donors (Lipinski definition) is 0. The van der Waals surface area contributed by atoms with Crippen LogP contribution in [0.25, 0.3) is 11.8 Å². The van der Waals surface area contributed by atoms with Gasteiger partial charge in [-0.05, 0) is 65.4 Å². The molecule has 2 aliphatic heterocycles. The predicted molar refractivity (Wildman–Crippen MR) is 138 cm³/mol. The van der Waals surface area contributed by atoms with Gasteiger partial charge in [-0.2, -0.15) is 0 Å². The van der Waals surface area contributed by atoms with Crippen molar-refractivity contribution in [1.82, 2.24) is 4.57 Å². The third-order valence-corrected chi connectivity index (χ3v) is 7.96. The van der Waals surface area contributed by atoms with E-state index >= 15 is 0 Å². The molecule has 0 N–H and O–H groups in total.